The first kappa shape index (κ1) is 19.6. The lowest BCUT2D eigenvalue weighted by Gasteiger charge is -2.30. The van der Waals surface area contributed by atoms with Gasteiger partial charge in [-0.3, -0.25) is 9.59 Å². The number of carbonyl (C=O) groups excluding carboxylic acids is 2. The highest BCUT2D eigenvalue weighted by atomic mass is 16.5. The number of nitrogens with zero attached hydrogens (tertiary/aromatic N) is 2. The van der Waals surface area contributed by atoms with Crippen LogP contribution in [0.3, 0.4) is 0 Å². The number of hydrogen-bond donors (Lipinski definition) is 2. The number of fused-ring (bicyclic) bond motifs is 1. The van der Waals surface area contributed by atoms with Crippen LogP contribution in [0.4, 0.5) is 11.5 Å². The van der Waals surface area contributed by atoms with Crippen molar-refractivity contribution in [2.75, 3.05) is 37.6 Å². The van der Waals surface area contributed by atoms with Crippen LogP contribution in [-0.2, 0) is 16.1 Å². The molecule has 0 bridgehead atoms. The molecule has 3 rings (SSSR count). The SMILES string of the molecule is COCC(C)NC(=O)c1cnc2c(c1)N(Cc1ccc(OC)cc1)C(=O)CN2. The van der Waals surface area contributed by atoms with E-state index >= 15 is 0 Å². The lowest BCUT2D eigenvalue weighted by molar-refractivity contribution is -0.117. The minimum absolute atomic E-state index is 0.0876. The summed E-state index contributed by atoms with van der Waals surface area (Å²) in [5.74, 6) is 0.980. The molecule has 1 aromatic heterocycles. The van der Waals surface area contributed by atoms with Crippen molar-refractivity contribution < 1.29 is 19.1 Å². The predicted octanol–water partition coefficient (Wildman–Crippen LogP) is 1.81. The Morgan fingerprint density at radius 3 is 2.75 bits per heavy atom. The standard InChI is InChI=1S/C20H24N4O4/c1-13(12-27-2)23-20(26)15-8-17-19(21-9-15)22-10-18(25)24(17)11-14-4-6-16(28-3)7-5-14/h4-9,13H,10-12H2,1-3H3,(H,21,22)(H,23,26). The molecular weight excluding hydrogens is 360 g/mol. The van der Waals surface area contributed by atoms with Gasteiger partial charge in [-0.25, -0.2) is 4.98 Å². The quantitative estimate of drug-likeness (QED) is 0.756. The Hall–Kier alpha value is -3.13. The van der Waals surface area contributed by atoms with Gasteiger partial charge in [0.25, 0.3) is 5.91 Å². The van der Waals surface area contributed by atoms with E-state index in [-0.39, 0.29) is 24.4 Å². The Balaban J connectivity index is 1.84. The van der Waals surface area contributed by atoms with Crippen molar-refractivity contribution in [1.29, 1.82) is 0 Å². The Bertz CT molecular complexity index is 854. The lowest BCUT2D eigenvalue weighted by Crippen LogP contribution is -2.40. The summed E-state index contributed by atoms with van der Waals surface area (Å²) in [5.41, 5.74) is 1.92. The predicted molar refractivity (Wildman–Crippen MR) is 106 cm³/mol. The summed E-state index contributed by atoms with van der Waals surface area (Å²) in [6, 6.07) is 9.06. The van der Waals surface area contributed by atoms with Gasteiger partial charge in [-0.05, 0) is 30.7 Å². The van der Waals surface area contributed by atoms with E-state index in [4.69, 9.17) is 9.47 Å². The van der Waals surface area contributed by atoms with Crippen molar-refractivity contribution in [1.82, 2.24) is 10.3 Å². The normalized spacial score (nSPS) is 14.1. The van der Waals surface area contributed by atoms with E-state index in [0.717, 1.165) is 11.3 Å². The smallest absolute Gasteiger partial charge is 0.253 e. The third-order valence-corrected chi connectivity index (χ3v) is 4.42. The number of aromatic nitrogens is 1. The Kier molecular flexibility index (Phi) is 6.10. The van der Waals surface area contributed by atoms with E-state index < -0.39 is 0 Å². The van der Waals surface area contributed by atoms with E-state index in [1.54, 1.807) is 25.2 Å². The van der Waals surface area contributed by atoms with Crippen LogP contribution >= 0.6 is 0 Å². The van der Waals surface area contributed by atoms with Gasteiger partial charge < -0.3 is 25.0 Å². The maximum Gasteiger partial charge on any atom is 0.253 e. The molecule has 0 fully saturated rings. The van der Waals surface area contributed by atoms with Crippen molar-refractivity contribution in [3.8, 4) is 5.75 Å². The molecule has 2 aromatic rings. The largest absolute Gasteiger partial charge is 0.497 e. The van der Waals surface area contributed by atoms with E-state index in [9.17, 15) is 9.59 Å². The Morgan fingerprint density at radius 2 is 2.07 bits per heavy atom. The summed E-state index contributed by atoms with van der Waals surface area (Å²) in [4.78, 5) is 31.0. The molecule has 8 nitrogen and oxygen atoms in total. The first-order chi connectivity index (χ1) is 13.5. The van der Waals surface area contributed by atoms with Gasteiger partial charge in [-0.2, -0.15) is 0 Å². The van der Waals surface area contributed by atoms with Gasteiger partial charge in [0.05, 0.1) is 38.1 Å². The van der Waals surface area contributed by atoms with E-state index in [1.165, 1.54) is 6.20 Å². The summed E-state index contributed by atoms with van der Waals surface area (Å²) in [5, 5.41) is 5.85. The topological polar surface area (TPSA) is 92.8 Å². The third-order valence-electron chi connectivity index (χ3n) is 4.42. The molecule has 0 aliphatic carbocycles. The first-order valence-electron chi connectivity index (χ1n) is 8.99. The monoisotopic (exact) mass is 384 g/mol. The number of methoxy groups -OCH3 is 2. The highest BCUT2D eigenvalue weighted by molar-refractivity contribution is 6.04. The van der Waals surface area contributed by atoms with Crippen LogP contribution < -0.4 is 20.3 Å². The number of nitrogens with one attached hydrogen (secondary N) is 2. The molecule has 1 unspecified atom stereocenters. The zero-order valence-electron chi connectivity index (χ0n) is 16.2. The molecule has 8 heteroatoms. The molecule has 28 heavy (non-hydrogen) atoms. The van der Waals surface area contributed by atoms with E-state index in [2.05, 4.69) is 15.6 Å². The average Bonchev–Trinajstić information content (AvgIpc) is 2.70. The van der Waals surface area contributed by atoms with Crippen molar-refractivity contribution in [3.05, 3.63) is 47.7 Å². The van der Waals surface area contributed by atoms with Crippen LogP contribution in [0.2, 0.25) is 0 Å². The highest BCUT2D eigenvalue weighted by Gasteiger charge is 2.26. The van der Waals surface area contributed by atoms with Crippen LogP contribution in [-0.4, -0.2) is 50.2 Å². The van der Waals surface area contributed by atoms with E-state index in [0.29, 0.717) is 30.2 Å². The zero-order valence-corrected chi connectivity index (χ0v) is 16.2. The number of carbonyl (C=O) groups is 2. The van der Waals surface area contributed by atoms with E-state index in [1.807, 2.05) is 31.2 Å². The molecule has 148 valence electrons. The molecule has 0 saturated heterocycles. The van der Waals surface area contributed by atoms with Crippen LogP contribution in [0, 0.1) is 0 Å². The molecule has 1 aliphatic rings. The molecule has 1 atom stereocenters. The summed E-state index contributed by atoms with van der Waals surface area (Å²) in [7, 11) is 3.19. The van der Waals surface area contributed by atoms with Crippen LogP contribution in [0.15, 0.2) is 36.5 Å². The summed E-state index contributed by atoms with van der Waals surface area (Å²) >= 11 is 0. The van der Waals surface area contributed by atoms with Gasteiger partial charge in [0.15, 0.2) is 5.82 Å². The molecule has 2 heterocycles. The number of amides is 2. The van der Waals surface area contributed by atoms with Crippen LogP contribution in [0.1, 0.15) is 22.8 Å². The van der Waals surface area contributed by atoms with Crippen molar-refractivity contribution in [2.24, 2.45) is 0 Å². The Morgan fingerprint density at radius 1 is 1.32 bits per heavy atom. The van der Waals surface area contributed by atoms with Crippen LogP contribution in [0.25, 0.3) is 0 Å². The number of pyridine rings is 1. The van der Waals surface area contributed by atoms with Gasteiger partial charge in [-0.15, -0.1) is 0 Å². The van der Waals surface area contributed by atoms with Gasteiger partial charge in [0.1, 0.15) is 5.75 Å². The van der Waals surface area contributed by atoms with Gasteiger partial charge in [0.2, 0.25) is 5.91 Å². The maximum atomic E-state index is 12.5. The minimum atomic E-state index is -0.262. The molecule has 1 aromatic carbocycles. The number of benzene rings is 1. The summed E-state index contributed by atoms with van der Waals surface area (Å²) < 4.78 is 10.2. The second-order valence-electron chi connectivity index (χ2n) is 6.60. The van der Waals surface area contributed by atoms with Crippen molar-refractivity contribution >= 4 is 23.3 Å². The Labute approximate surface area is 163 Å². The first-order valence-corrected chi connectivity index (χ1v) is 8.99. The average molecular weight is 384 g/mol. The molecular formula is C20H24N4O4. The molecule has 0 saturated carbocycles. The summed E-state index contributed by atoms with van der Waals surface area (Å²) in [6.07, 6.45) is 1.50. The zero-order chi connectivity index (χ0) is 20.1. The highest BCUT2D eigenvalue weighted by Crippen LogP contribution is 2.30. The lowest BCUT2D eigenvalue weighted by atomic mass is 10.1. The fraction of sp³-hybridized carbons (Fsp3) is 0.350. The molecule has 2 N–H and O–H groups in total. The number of hydrogen-bond acceptors (Lipinski definition) is 6. The number of anilines is 2. The second kappa shape index (κ2) is 8.71. The molecule has 0 spiro atoms. The van der Waals surface area contributed by atoms with Gasteiger partial charge in [0, 0.05) is 19.3 Å². The number of rotatable bonds is 7. The fourth-order valence-electron chi connectivity index (χ4n) is 2.99. The van der Waals surface area contributed by atoms with Crippen molar-refractivity contribution in [2.45, 2.75) is 19.5 Å². The number of ether oxygens (including phenoxy) is 2. The van der Waals surface area contributed by atoms with Crippen molar-refractivity contribution in [3.63, 3.8) is 0 Å². The van der Waals surface area contributed by atoms with Gasteiger partial charge >= 0.3 is 0 Å². The fourth-order valence-corrected chi connectivity index (χ4v) is 2.99. The molecule has 0 radical (unpaired) electrons. The maximum absolute atomic E-state index is 12.5. The van der Waals surface area contributed by atoms with Crippen LogP contribution in [0.5, 0.6) is 5.75 Å². The molecule has 2 amide bonds. The minimum Gasteiger partial charge on any atom is -0.497 e. The van der Waals surface area contributed by atoms with Gasteiger partial charge in [-0.1, -0.05) is 12.1 Å². The molecule has 1 aliphatic heterocycles. The third kappa shape index (κ3) is 4.40. The summed E-state index contributed by atoms with van der Waals surface area (Å²) in [6.45, 7) is 2.80. The second-order valence-corrected chi connectivity index (χ2v) is 6.60.